The van der Waals surface area contributed by atoms with Crippen LogP contribution in [0.15, 0.2) is 48.5 Å². The number of hydrogen-bond donors (Lipinski definition) is 1. The molecule has 10 heteroatoms. The second kappa shape index (κ2) is 9.03. The highest BCUT2D eigenvalue weighted by atomic mass is 16.6. The molecule has 1 N–H and O–H groups in total. The molecule has 0 saturated carbocycles. The quantitative estimate of drug-likeness (QED) is 0.418. The number of carbonyl (C=O) groups is 3. The van der Waals surface area contributed by atoms with Crippen LogP contribution < -0.4 is 15.0 Å². The fraction of sp³-hybridized carbons (Fsp3) is 0.250. The van der Waals surface area contributed by atoms with Gasteiger partial charge in [-0.1, -0.05) is 6.07 Å². The van der Waals surface area contributed by atoms with E-state index in [-0.39, 0.29) is 30.2 Å². The molecule has 1 fully saturated rings. The first kappa shape index (κ1) is 20.8. The number of amides is 2. The molecule has 2 aromatic carbocycles. The van der Waals surface area contributed by atoms with Gasteiger partial charge in [-0.2, -0.15) is 0 Å². The van der Waals surface area contributed by atoms with E-state index in [0.29, 0.717) is 11.4 Å². The number of nitro benzene ring substituents is 1. The third-order valence-corrected chi connectivity index (χ3v) is 4.53. The molecule has 0 aromatic heterocycles. The van der Waals surface area contributed by atoms with Crippen LogP contribution in [-0.2, 0) is 19.1 Å². The highest BCUT2D eigenvalue weighted by molar-refractivity contribution is 6.00. The van der Waals surface area contributed by atoms with Crippen LogP contribution in [0.5, 0.6) is 5.75 Å². The number of rotatable bonds is 7. The van der Waals surface area contributed by atoms with E-state index in [1.807, 2.05) is 0 Å². The predicted octanol–water partition coefficient (Wildman–Crippen LogP) is 2.14. The van der Waals surface area contributed by atoms with E-state index in [0.717, 1.165) is 0 Å². The van der Waals surface area contributed by atoms with E-state index >= 15 is 0 Å². The Labute approximate surface area is 171 Å². The van der Waals surface area contributed by atoms with Crippen molar-refractivity contribution < 1.29 is 28.8 Å². The van der Waals surface area contributed by atoms with E-state index in [4.69, 9.17) is 9.47 Å². The van der Waals surface area contributed by atoms with Crippen molar-refractivity contribution in [3.63, 3.8) is 0 Å². The molecule has 3 rings (SSSR count). The maximum Gasteiger partial charge on any atom is 0.311 e. The van der Waals surface area contributed by atoms with Crippen LogP contribution in [0.4, 0.5) is 17.1 Å². The molecule has 0 aliphatic carbocycles. The summed E-state index contributed by atoms with van der Waals surface area (Å²) < 4.78 is 10.1. The largest absolute Gasteiger partial charge is 0.497 e. The first-order chi connectivity index (χ1) is 14.4. The molecule has 2 aromatic rings. The van der Waals surface area contributed by atoms with Gasteiger partial charge in [0.1, 0.15) is 5.75 Å². The number of benzene rings is 2. The van der Waals surface area contributed by atoms with Crippen molar-refractivity contribution in [2.24, 2.45) is 5.92 Å². The molecule has 2 amide bonds. The molecule has 1 heterocycles. The van der Waals surface area contributed by atoms with Crippen LogP contribution in [-0.4, -0.2) is 43.0 Å². The van der Waals surface area contributed by atoms with Crippen molar-refractivity contribution in [2.75, 3.05) is 30.5 Å². The van der Waals surface area contributed by atoms with Gasteiger partial charge in [0.05, 0.1) is 18.0 Å². The van der Waals surface area contributed by atoms with Gasteiger partial charge in [0.2, 0.25) is 5.91 Å². The van der Waals surface area contributed by atoms with Gasteiger partial charge in [-0.05, 0) is 30.3 Å². The SMILES string of the molecule is COc1ccc(N2C[C@H](C(=O)OCC(=O)Nc3cccc([N+](=O)[O-])c3)CC2=O)cc1. The highest BCUT2D eigenvalue weighted by Crippen LogP contribution is 2.27. The Morgan fingerprint density at radius 2 is 1.97 bits per heavy atom. The number of nitro groups is 1. The third kappa shape index (κ3) is 4.90. The van der Waals surface area contributed by atoms with E-state index < -0.39 is 29.3 Å². The summed E-state index contributed by atoms with van der Waals surface area (Å²) >= 11 is 0. The monoisotopic (exact) mass is 413 g/mol. The van der Waals surface area contributed by atoms with E-state index in [2.05, 4.69) is 5.32 Å². The Morgan fingerprint density at radius 1 is 1.23 bits per heavy atom. The zero-order chi connectivity index (χ0) is 21.7. The van der Waals surface area contributed by atoms with Gasteiger partial charge in [0, 0.05) is 36.5 Å². The second-order valence-corrected chi connectivity index (χ2v) is 6.57. The van der Waals surface area contributed by atoms with Crippen LogP contribution >= 0.6 is 0 Å². The average molecular weight is 413 g/mol. The molecule has 1 atom stereocenters. The summed E-state index contributed by atoms with van der Waals surface area (Å²) in [5.41, 5.74) is 0.680. The zero-order valence-corrected chi connectivity index (χ0v) is 16.1. The number of esters is 1. The van der Waals surface area contributed by atoms with Crippen molar-refractivity contribution in [3.05, 3.63) is 58.6 Å². The number of non-ortho nitro benzene ring substituents is 1. The Balaban J connectivity index is 1.52. The first-order valence-electron chi connectivity index (χ1n) is 9.02. The summed E-state index contributed by atoms with van der Waals surface area (Å²) in [6, 6.07) is 12.3. The van der Waals surface area contributed by atoms with Gasteiger partial charge < -0.3 is 19.7 Å². The molecule has 0 unspecified atom stereocenters. The van der Waals surface area contributed by atoms with Gasteiger partial charge in [0.25, 0.3) is 11.6 Å². The standard InChI is InChI=1S/C20H19N3O7/c1-29-17-7-5-15(6-8-17)22-11-13(9-19(22)25)20(26)30-12-18(24)21-14-3-2-4-16(10-14)23(27)28/h2-8,10,13H,9,11-12H2,1H3,(H,21,24)/t13-/m1/s1. The van der Waals surface area contributed by atoms with Gasteiger partial charge in [-0.15, -0.1) is 0 Å². The lowest BCUT2D eigenvalue weighted by Crippen LogP contribution is -2.28. The molecule has 1 aliphatic rings. The predicted molar refractivity (Wildman–Crippen MR) is 106 cm³/mol. The first-order valence-corrected chi connectivity index (χ1v) is 9.02. The van der Waals surface area contributed by atoms with E-state index in [1.54, 1.807) is 24.3 Å². The molecule has 1 saturated heterocycles. The molecular weight excluding hydrogens is 394 g/mol. The third-order valence-electron chi connectivity index (χ3n) is 4.53. The lowest BCUT2D eigenvalue weighted by Gasteiger charge is -2.16. The number of carbonyl (C=O) groups excluding carboxylic acids is 3. The number of nitrogens with one attached hydrogen (secondary N) is 1. The summed E-state index contributed by atoms with van der Waals surface area (Å²) in [5, 5.41) is 13.2. The summed E-state index contributed by atoms with van der Waals surface area (Å²) in [6.07, 6.45) is -0.0165. The van der Waals surface area contributed by atoms with E-state index in [1.165, 1.54) is 36.3 Å². The zero-order valence-electron chi connectivity index (χ0n) is 16.1. The summed E-state index contributed by atoms with van der Waals surface area (Å²) in [7, 11) is 1.54. The number of methoxy groups -OCH3 is 1. The fourth-order valence-corrected chi connectivity index (χ4v) is 3.03. The summed E-state index contributed by atoms with van der Waals surface area (Å²) in [4.78, 5) is 48.2. The fourth-order valence-electron chi connectivity index (χ4n) is 3.03. The van der Waals surface area contributed by atoms with Gasteiger partial charge in [-0.3, -0.25) is 24.5 Å². The molecule has 10 nitrogen and oxygen atoms in total. The summed E-state index contributed by atoms with van der Waals surface area (Å²) in [6.45, 7) is -0.411. The Morgan fingerprint density at radius 3 is 2.63 bits per heavy atom. The van der Waals surface area contributed by atoms with Crippen molar-refractivity contribution >= 4 is 34.8 Å². The Hall–Kier alpha value is -3.95. The van der Waals surface area contributed by atoms with Crippen molar-refractivity contribution in [2.45, 2.75) is 6.42 Å². The minimum Gasteiger partial charge on any atom is -0.497 e. The smallest absolute Gasteiger partial charge is 0.311 e. The number of ether oxygens (including phenoxy) is 2. The van der Waals surface area contributed by atoms with Crippen LogP contribution in [0.2, 0.25) is 0 Å². The van der Waals surface area contributed by atoms with Crippen LogP contribution in [0.1, 0.15) is 6.42 Å². The number of anilines is 2. The molecule has 156 valence electrons. The second-order valence-electron chi connectivity index (χ2n) is 6.57. The van der Waals surface area contributed by atoms with Gasteiger partial charge in [-0.25, -0.2) is 0 Å². The topological polar surface area (TPSA) is 128 Å². The minimum atomic E-state index is -0.690. The maximum absolute atomic E-state index is 12.3. The van der Waals surface area contributed by atoms with Crippen molar-refractivity contribution in [1.82, 2.24) is 0 Å². The van der Waals surface area contributed by atoms with Crippen LogP contribution in [0.3, 0.4) is 0 Å². The van der Waals surface area contributed by atoms with Crippen molar-refractivity contribution in [1.29, 1.82) is 0 Å². The number of nitrogens with zero attached hydrogens (tertiary/aromatic N) is 2. The lowest BCUT2D eigenvalue weighted by molar-refractivity contribution is -0.384. The minimum absolute atomic E-state index is 0.0165. The van der Waals surface area contributed by atoms with Crippen LogP contribution in [0, 0.1) is 16.0 Å². The molecule has 30 heavy (non-hydrogen) atoms. The lowest BCUT2D eigenvalue weighted by atomic mass is 10.1. The van der Waals surface area contributed by atoms with Crippen LogP contribution in [0.25, 0.3) is 0 Å². The summed E-state index contributed by atoms with van der Waals surface area (Å²) in [5.74, 6) is -1.56. The van der Waals surface area contributed by atoms with Crippen molar-refractivity contribution in [3.8, 4) is 5.75 Å². The molecular formula is C20H19N3O7. The van der Waals surface area contributed by atoms with E-state index in [9.17, 15) is 24.5 Å². The van der Waals surface area contributed by atoms with Gasteiger partial charge in [0.15, 0.2) is 6.61 Å². The normalized spacial score (nSPS) is 15.6. The molecule has 0 spiro atoms. The molecule has 0 radical (unpaired) electrons. The van der Waals surface area contributed by atoms with Gasteiger partial charge >= 0.3 is 5.97 Å². The highest BCUT2D eigenvalue weighted by Gasteiger charge is 2.36. The molecule has 0 bridgehead atoms. The number of hydrogen-bond acceptors (Lipinski definition) is 7. The average Bonchev–Trinajstić information content (AvgIpc) is 3.14. The molecule has 1 aliphatic heterocycles. The Bertz CT molecular complexity index is 975. The maximum atomic E-state index is 12.3. The Kier molecular flexibility index (Phi) is 6.26.